The third-order valence-corrected chi connectivity index (χ3v) is 3.06. The maximum Gasteiger partial charge on any atom is 0.0701 e. The van der Waals surface area contributed by atoms with Gasteiger partial charge in [0.05, 0.1) is 19.3 Å². The minimum absolute atomic E-state index is 0.142. The zero-order valence-electron chi connectivity index (χ0n) is 10.5. The summed E-state index contributed by atoms with van der Waals surface area (Å²) in [5.41, 5.74) is 0. The van der Waals surface area contributed by atoms with E-state index in [0.29, 0.717) is 12.7 Å². The van der Waals surface area contributed by atoms with E-state index in [1.807, 2.05) is 0 Å². The first kappa shape index (κ1) is 13.9. The molecule has 4 nitrogen and oxygen atoms in total. The molecule has 0 aromatic carbocycles. The van der Waals surface area contributed by atoms with Gasteiger partial charge in [-0.1, -0.05) is 6.92 Å². The lowest BCUT2D eigenvalue weighted by atomic mass is 10.1. The minimum Gasteiger partial charge on any atom is -0.394 e. The molecule has 0 aliphatic carbocycles. The zero-order valence-corrected chi connectivity index (χ0v) is 10.5. The highest BCUT2D eigenvalue weighted by atomic mass is 16.5. The second kappa shape index (κ2) is 8.93. The molecule has 0 radical (unpaired) electrons. The van der Waals surface area contributed by atoms with Gasteiger partial charge in [-0.15, -0.1) is 0 Å². The molecule has 0 spiro atoms. The number of likely N-dealkylation sites (tertiary alicyclic amines) is 1. The molecule has 16 heavy (non-hydrogen) atoms. The Morgan fingerprint density at radius 2 is 2.12 bits per heavy atom. The van der Waals surface area contributed by atoms with E-state index in [0.717, 1.165) is 39.0 Å². The molecule has 1 saturated heterocycles. The van der Waals surface area contributed by atoms with E-state index in [1.165, 1.54) is 13.0 Å². The van der Waals surface area contributed by atoms with Gasteiger partial charge in [-0.05, 0) is 38.9 Å². The van der Waals surface area contributed by atoms with Gasteiger partial charge in [-0.2, -0.15) is 0 Å². The molecular weight excluding hydrogens is 204 g/mol. The van der Waals surface area contributed by atoms with E-state index in [9.17, 15) is 0 Å². The molecule has 1 aliphatic rings. The summed E-state index contributed by atoms with van der Waals surface area (Å²) in [6.07, 6.45) is 3.83. The topological polar surface area (TPSA) is 44.7 Å². The van der Waals surface area contributed by atoms with Gasteiger partial charge in [-0.3, -0.25) is 0 Å². The molecule has 0 atom stereocenters. The molecule has 0 amide bonds. The molecule has 1 aliphatic heterocycles. The van der Waals surface area contributed by atoms with Crippen LogP contribution < -0.4 is 5.32 Å². The molecule has 0 saturated carbocycles. The van der Waals surface area contributed by atoms with Crippen LogP contribution in [-0.4, -0.2) is 62.0 Å². The van der Waals surface area contributed by atoms with Crippen molar-refractivity contribution in [3.05, 3.63) is 0 Å². The van der Waals surface area contributed by atoms with Gasteiger partial charge in [0.2, 0.25) is 0 Å². The first-order valence-corrected chi connectivity index (χ1v) is 6.52. The van der Waals surface area contributed by atoms with E-state index < -0.39 is 0 Å². The van der Waals surface area contributed by atoms with Crippen LogP contribution in [0.2, 0.25) is 0 Å². The second-order valence-electron chi connectivity index (χ2n) is 4.34. The van der Waals surface area contributed by atoms with Crippen molar-refractivity contribution in [2.45, 2.75) is 32.3 Å². The van der Waals surface area contributed by atoms with Gasteiger partial charge in [-0.25, -0.2) is 0 Å². The quantitative estimate of drug-likeness (QED) is 0.595. The molecule has 0 aromatic rings. The normalized spacial score (nSPS) is 19.1. The van der Waals surface area contributed by atoms with Crippen LogP contribution in [0.4, 0.5) is 0 Å². The van der Waals surface area contributed by atoms with Crippen molar-refractivity contribution in [2.75, 3.05) is 45.9 Å². The molecule has 0 bridgehead atoms. The maximum absolute atomic E-state index is 8.67. The summed E-state index contributed by atoms with van der Waals surface area (Å²) in [6, 6.07) is 0. The van der Waals surface area contributed by atoms with Crippen molar-refractivity contribution >= 4 is 0 Å². The van der Waals surface area contributed by atoms with E-state index in [4.69, 9.17) is 9.84 Å². The summed E-state index contributed by atoms with van der Waals surface area (Å²) >= 11 is 0. The summed E-state index contributed by atoms with van der Waals surface area (Å²) in [7, 11) is 0. The molecule has 1 rings (SSSR count). The zero-order chi connectivity index (χ0) is 11.6. The van der Waals surface area contributed by atoms with Crippen molar-refractivity contribution in [1.82, 2.24) is 10.2 Å². The minimum atomic E-state index is 0.142. The molecule has 0 aromatic heterocycles. The van der Waals surface area contributed by atoms with Gasteiger partial charge in [0.25, 0.3) is 0 Å². The number of aliphatic hydroxyl groups is 1. The molecule has 1 fully saturated rings. The van der Waals surface area contributed by atoms with Crippen molar-refractivity contribution < 1.29 is 9.84 Å². The number of nitrogens with zero attached hydrogens (tertiary/aromatic N) is 1. The first-order chi connectivity index (χ1) is 7.86. The molecule has 0 unspecified atom stereocenters. The van der Waals surface area contributed by atoms with E-state index in [1.54, 1.807) is 0 Å². The number of aliphatic hydroxyl groups excluding tert-OH is 1. The lowest BCUT2D eigenvalue weighted by Gasteiger charge is -2.31. The first-order valence-electron chi connectivity index (χ1n) is 6.52. The monoisotopic (exact) mass is 230 g/mol. The SMILES string of the molecule is CCNCCCN1CCC(OCCO)CC1. The Bertz CT molecular complexity index is 159. The Morgan fingerprint density at radius 3 is 2.75 bits per heavy atom. The van der Waals surface area contributed by atoms with Crippen LogP contribution in [0.15, 0.2) is 0 Å². The third kappa shape index (κ3) is 5.80. The fraction of sp³-hybridized carbons (Fsp3) is 1.00. The lowest BCUT2D eigenvalue weighted by molar-refractivity contribution is -0.00777. The number of ether oxygens (including phenoxy) is 1. The van der Waals surface area contributed by atoms with Crippen molar-refractivity contribution in [3.8, 4) is 0 Å². The van der Waals surface area contributed by atoms with E-state index >= 15 is 0 Å². The van der Waals surface area contributed by atoms with Gasteiger partial charge >= 0.3 is 0 Å². The van der Waals surface area contributed by atoms with E-state index in [-0.39, 0.29) is 6.61 Å². The maximum atomic E-state index is 8.67. The summed E-state index contributed by atoms with van der Waals surface area (Å²) in [5.74, 6) is 0. The molecule has 1 heterocycles. The Balaban J connectivity index is 1.98. The van der Waals surface area contributed by atoms with Crippen LogP contribution >= 0.6 is 0 Å². The fourth-order valence-electron chi connectivity index (χ4n) is 2.12. The standard InChI is InChI=1S/C12H26N2O2/c1-2-13-6-3-7-14-8-4-12(5-9-14)16-11-10-15/h12-13,15H,2-11H2,1H3. The van der Waals surface area contributed by atoms with Crippen LogP contribution in [0, 0.1) is 0 Å². The smallest absolute Gasteiger partial charge is 0.0701 e. The Labute approximate surface area is 99.0 Å². The van der Waals surface area contributed by atoms with Crippen molar-refractivity contribution in [3.63, 3.8) is 0 Å². The van der Waals surface area contributed by atoms with Crippen LogP contribution in [0.5, 0.6) is 0 Å². The van der Waals surface area contributed by atoms with E-state index in [2.05, 4.69) is 17.1 Å². The molecule has 4 heteroatoms. The summed E-state index contributed by atoms with van der Waals surface area (Å²) in [5, 5.41) is 12.0. The molecular formula is C12H26N2O2. The number of nitrogens with one attached hydrogen (secondary N) is 1. The fourth-order valence-corrected chi connectivity index (χ4v) is 2.12. The van der Waals surface area contributed by atoms with Crippen molar-refractivity contribution in [1.29, 1.82) is 0 Å². The molecule has 2 N–H and O–H groups in total. The Kier molecular flexibility index (Phi) is 7.76. The summed E-state index contributed by atoms with van der Waals surface area (Å²) < 4.78 is 5.53. The Hall–Kier alpha value is -0.160. The van der Waals surface area contributed by atoms with Crippen LogP contribution in [-0.2, 0) is 4.74 Å². The van der Waals surface area contributed by atoms with Crippen molar-refractivity contribution in [2.24, 2.45) is 0 Å². The highest BCUT2D eigenvalue weighted by Crippen LogP contribution is 2.13. The van der Waals surface area contributed by atoms with Crippen LogP contribution in [0.3, 0.4) is 0 Å². The number of hydrogen-bond acceptors (Lipinski definition) is 4. The second-order valence-corrected chi connectivity index (χ2v) is 4.34. The summed E-state index contributed by atoms with van der Waals surface area (Å²) in [6.45, 7) is 8.44. The lowest BCUT2D eigenvalue weighted by Crippen LogP contribution is -2.38. The average Bonchev–Trinajstić information content (AvgIpc) is 2.33. The highest BCUT2D eigenvalue weighted by Gasteiger charge is 2.18. The van der Waals surface area contributed by atoms with Gasteiger partial charge < -0.3 is 20.1 Å². The Morgan fingerprint density at radius 1 is 1.38 bits per heavy atom. The van der Waals surface area contributed by atoms with Gasteiger partial charge in [0.1, 0.15) is 0 Å². The predicted molar refractivity (Wildman–Crippen MR) is 65.7 cm³/mol. The molecule has 96 valence electrons. The number of piperidine rings is 1. The average molecular weight is 230 g/mol. The third-order valence-electron chi connectivity index (χ3n) is 3.06. The highest BCUT2D eigenvalue weighted by molar-refractivity contribution is 4.72. The van der Waals surface area contributed by atoms with Gasteiger partial charge in [0.15, 0.2) is 0 Å². The summed E-state index contributed by atoms with van der Waals surface area (Å²) in [4.78, 5) is 2.51. The predicted octanol–water partition coefficient (Wildman–Crippen LogP) is 0.459. The van der Waals surface area contributed by atoms with Crippen LogP contribution in [0.25, 0.3) is 0 Å². The number of hydrogen-bond donors (Lipinski definition) is 2. The largest absolute Gasteiger partial charge is 0.394 e. The number of rotatable bonds is 8. The van der Waals surface area contributed by atoms with Gasteiger partial charge in [0, 0.05) is 13.1 Å². The van der Waals surface area contributed by atoms with Crippen LogP contribution in [0.1, 0.15) is 26.2 Å².